The Bertz CT molecular complexity index is 693. The van der Waals surface area contributed by atoms with Crippen LogP contribution in [0.25, 0.3) is 0 Å². The zero-order chi connectivity index (χ0) is 17.5. The Labute approximate surface area is 147 Å². The van der Waals surface area contributed by atoms with Crippen LogP contribution in [0.1, 0.15) is 28.8 Å². The Kier molecular flexibility index (Phi) is 5.80. The van der Waals surface area contributed by atoms with Gasteiger partial charge in [0.05, 0.1) is 5.56 Å². The van der Waals surface area contributed by atoms with E-state index in [1.165, 1.54) is 5.56 Å². The summed E-state index contributed by atoms with van der Waals surface area (Å²) in [7, 11) is 0. The molecule has 130 valence electrons. The second-order valence-electron chi connectivity index (χ2n) is 6.21. The van der Waals surface area contributed by atoms with E-state index in [0.29, 0.717) is 17.7 Å². The minimum absolute atomic E-state index is 0.0349. The molecule has 0 aromatic heterocycles. The molecule has 3 rings (SSSR count). The van der Waals surface area contributed by atoms with Gasteiger partial charge in [0.1, 0.15) is 6.10 Å². The van der Waals surface area contributed by atoms with Crippen LogP contribution in [-0.2, 0) is 16.1 Å². The van der Waals surface area contributed by atoms with Gasteiger partial charge in [0.2, 0.25) is 6.41 Å². The number of ether oxygens (including phenoxy) is 1. The lowest BCUT2D eigenvalue weighted by atomic mass is 10.1. The fraction of sp³-hybridized carbons (Fsp3) is 0.300. The largest absolute Gasteiger partial charge is 0.459 e. The topological polar surface area (TPSA) is 58.6 Å². The maximum Gasteiger partial charge on any atom is 0.338 e. The number of hydrogen-bond donors (Lipinski definition) is 1. The molecule has 5 nitrogen and oxygen atoms in total. The molecule has 1 saturated heterocycles. The van der Waals surface area contributed by atoms with Crippen molar-refractivity contribution < 1.29 is 14.3 Å². The summed E-state index contributed by atoms with van der Waals surface area (Å²) in [6.45, 7) is 2.79. The van der Waals surface area contributed by atoms with E-state index in [1.807, 2.05) is 6.07 Å². The van der Waals surface area contributed by atoms with Crippen molar-refractivity contribution in [1.82, 2.24) is 4.90 Å². The van der Waals surface area contributed by atoms with Crippen molar-refractivity contribution in [2.75, 3.05) is 18.4 Å². The molecule has 5 heteroatoms. The smallest absolute Gasteiger partial charge is 0.338 e. The van der Waals surface area contributed by atoms with Gasteiger partial charge in [-0.2, -0.15) is 0 Å². The van der Waals surface area contributed by atoms with Gasteiger partial charge in [0.15, 0.2) is 0 Å². The Hall–Kier alpha value is -2.66. The predicted octanol–water partition coefficient (Wildman–Crippen LogP) is 3.08. The number of nitrogens with one attached hydrogen (secondary N) is 1. The predicted molar refractivity (Wildman–Crippen MR) is 96.3 cm³/mol. The number of rotatable bonds is 6. The summed E-state index contributed by atoms with van der Waals surface area (Å²) in [5, 5.41) is 2.54. The summed E-state index contributed by atoms with van der Waals surface area (Å²) in [5.74, 6) is -0.306. The van der Waals surface area contributed by atoms with Crippen LogP contribution >= 0.6 is 0 Å². The maximum atomic E-state index is 12.2. The average Bonchev–Trinajstić information content (AvgIpc) is 2.65. The minimum atomic E-state index is -0.306. The van der Waals surface area contributed by atoms with Gasteiger partial charge >= 0.3 is 5.97 Å². The molecule has 1 amide bonds. The van der Waals surface area contributed by atoms with E-state index in [2.05, 4.69) is 34.5 Å². The lowest BCUT2D eigenvalue weighted by Gasteiger charge is -2.31. The third-order valence-electron chi connectivity index (χ3n) is 4.40. The Morgan fingerprint density at radius 3 is 2.40 bits per heavy atom. The lowest BCUT2D eigenvalue weighted by Crippen LogP contribution is -2.37. The summed E-state index contributed by atoms with van der Waals surface area (Å²) in [6, 6.07) is 17.1. The van der Waals surface area contributed by atoms with Crippen molar-refractivity contribution >= 4 is 18.1 Å². The van der Waals surface area contributed by atoms with E-state index in [1.54, 1.807) is 24.3 Å². The second kappa shape index (κ2) is 8.44. The van der Waals surface area contributed by atoms with Gasteiger partial charge in [-0.05, 0) is 42.7 Å². The highest BCUT2D eigenvalue weighted by Crippen LogP contribution is 2.18. The van der Waals surface area contributed by atoms with E-state index in [4.69, 9.17) is 4.74 Å². The molecule has 25 heavy (non-hydrogen) atoms. The first kappa shape index (κ1) is 17.2. The number of benzene rings is 2. The molecule has 0 bridgehead atoms. The van der Waals surface area contributed by atoms with E-state index >= 15 is 0 Å². The highest BCUT2D eigenvalue weighted by atomic mass is 16.5. The molecule has 0 radical (unpaired) electrons. The first-order chi connectivity index (χ1) is 12.2. The summed E-state index contributed by atoms with van der Waals surface area (Å²) in [5.41, 5.74) is 2.46. The van der Waals surface area contributed by atoms with Crippen LogP contribution < -0.4 is 5.32 Å². The summed E-state index contributed by atoms with van der Waals surface area (Å²) < 4.78 is 5.62. The minimum Gasteiger partial charge on any atom is -0.459 e. The summed E-state index contributed by atoms with van der Waals surface area (Å²) in [4.78, 5) is 25.0. The molecule has 0 saturated carbocycles. The van der Waals surface area contributed by atoms with Crippen molar-refractivity contribution in [3.05, 3.63) is 65.7 Å². The number of carbonyl (C=O) groups excluding carboxylic acids is 2. The Balaban J connectivity index is 1.46. The number of nitrogens with zero attached hydrogens (tertiary/aromatic N) is 1. The van der Waals surface area contributed by atoms with Gasteiger partial charge < -0.3 is 10.1 Å². The van der Waals surface area contributed by atoms with Crippen molar-refractivity contribution in [1.29, 1.82) is 0 Å². The molecule has 0 aliphatic carbocycles. The first-order valence-corrected chi connectivity index (χ1v) is 8.52. The highest BCUT2D eigenvalue weighted by Gasteiger charge is 2.22. The molecule has 1 aliphatic rings. The van der Waals surface area contributed by atoms with Crippen LogP contribution in [0.5, 0.6) is 0 Å². The summed E-state index contributed by atoms with van der Waals surface area (Å²) in [6.07, 6.45) is 2.27. The molecule has 0 unspecified atom stereocenters. The van der Waals surface area contributed by atoms with E-state index in [-0.39, 0.29) is 12.1 Å². The number of amides is 1. The standard InChI is InChI=1S/C20H22N2O3/c23-15-21-18-8-6-17(7-9-18)20(24)25-19-10-12-22(13-11-19)14-16-4-2-1-3-5-16/h1-9,15,19H,10-14H2,(H,21,23). The third-order valence-corrected chi connectivity index (χ3v) is 4.40. The van der Waals surface area contributed by atoms with Gasteiger partial charge in [-0.1, -0.05) is 30.3 Å². The van der Waals surface area contributed by atoms with Crippen LogP contribution in [0.15, 0.2) is 54.6 Å². The quantitative estimate of drug-likeness (QED) is 0.650. The normalized spacial score (nSPS) is 15.5. The Morgan fingerprint density at radius 2 is 1.76 bits per heavy atom. The maximum absolute atomic E-state index is 12.2. The SMILES string of the molecule is O=CNc1ccc(C(=O)OC2CCN(Cc3ccccc3)CC2)cc1. The van der Waals surface area contributed by atoms with Crippen LogP contribution in [-0.4, -0.2) is 36.5 Å². The van der Waals surface area contributed by atoms with Gasteiger partial charge in [-0.25, -0.2) is 4.79 Å². The van der Waals surface area contributed by atoms with Gasteiger partial charge in [-0.3, -0.25) is 9.69 Å². The fourth-order valence-corrected chi connectivity index (χ4v) is 3.02. The highest BCUT2D eigenvalue weighted by molar-refractivity contribution is 5.90. The Morgan fingerprint density at radius 1 is 1.08 bits per heavy atom. The average molecular weight is 338 g/mol. The summed E-state index contributed by atoms with van der Waals surface area (Å²) >= 11 is 0. The van der Waals surface area contributed by atoms with E-state index in [0.717, 1.165) is 32.5 Å². The van der Waals surface area contributed by atoms with Crippen LogP contribution in [0.3, 0.4) is 0 Å². The molecule has 1 N–H and O–H groups in total. The number of esters is 1. The van der Waals surface area contributed by atoms with E-state index in [9.17, 15) is 9.59 Å². The molecule has 0 spiro atoms. The lowest BCUT2D eigenvalue weighted by molar-refractivity contribution is -0.105. The number of anilines is 1. The monoisotopic (exact) mass is 338 g/mol. The fourth-order valence-electron chi connectivity index (χ4n) is 3.02. The van der Waals surface area contributed by atoms with Crippen molar-refractivity contribution in [3.63, 3.8) is 0 Å². The van der Waals surface area contributed by atoms with Crippen molar-refractivity contribution in [2.24, 2.45) is 0 Å². The van der Waals surface area contributed by atoms with E-state index < -0.39 is 0 Å². The van der Waals surface area contributed by atoms with Gasteiger partial charge in [-0.15, -0.1) is 0 Å². The van der Waals surface area contributed by atoms with Gasteiger partial charge in [0, 0.05) is 25.3 Å². The molecule has 1 heterocycles. The van der Waals surface area contributed by atoms with Crippen LogP contribution in [0.2, 0.25) is 0 Å². The van der Waals surface area contributed by atoms with Crippen molar-refractivity contribution in [2.45, 2.75) is 25.5 Å². The second-order valence-corrected chi connectivity index (χ2v) is 6.21. The van der Waals surface area contributed by atoms with Crippen LogP contribution in [0, 0.1) is 0 Å². The zero-order valence-electron chi connectivity index (χ0n) is 14.1. The first-order valence-electron chi connectivity index (χ1n) is 8.52. The number of likely N-dealkylation sites (tertiary alicyclic amines) is 1. The molecule has 2 aromatic carbocycles. The number of carbonyl (C=O) groups is 2. The molecular weight excluding hydrogens is 316 g/mol. The van der Waals surface area contributed by atoms with Crippen molar-refractivity contribution in [3.8, 4) is 0 Å². The number of hydrogen-bond acceptors (Lipinski definition) is 4. The molecule has 1 aliphatic heterocycles. The van der Waals surface area contributed by atoms with Crippen LogP contribution in [0.4, 0.5) is 5.69 Å². The molecule has 0 atom stereocenters. The third kappa shape index (κ3) is 4.90. The molecular formula is C20H22N2O3. The zero-order valence-corrected chi connectivity index (χ0v) is 14.1. The van der Waals surface area contributed by atoms with Gasteiger partial charge in [0.25, 0.3) is 0 Å². The number of piperidine rings is 1. The molecule has 2 aromatic rings. The molecule has 1 fully saturated rings.